The molecular formula is C25H31ClF3N3O. The first-order valence-corrected chi connectivity index (χ1v) is 11.4. The van der Waals surface area contributed by atoms with Gasteiger partial charge in [-0.3, -0.25) is 4.79 Å². The Hall–Kier alpha value is -2.25. The Labute approximate surface area is 199 Å². The number of amides is 1. The third kappa shape index (κ3) is 5.30. The van der Waals surface area contributed by atoms with Crippen molar-refractivity contribution in [2.24, 2.45) is 5.92 Å². The van der Waals surface area contributed by atoms with E-state index >= 15 is 0 Å². The van der Waals surface area contributed by atoms with Crippen molar-refractivity contribution < 1.29 is 18.0 Å². The van der Waals surface area contributed by atoms with Crippen molar-refractivity contribution in [3.63, 3.8) is 0 Å². The molecule has 3 saturated heterocycles. The summed E-state index contributed by atoms with van der Waals surface area (Å²) in [5, 5.41) is 0. The molecule has 5 rings (SSSR count). The Balaban J connectivity index is 0.00000306. The normalized spacial score (nSPS) is 21.9. The van der Waals surface area contributed by atoms with E-state index in [4.69, 9.17) is 0 Å². The van der Waals surface area contributed by atoms with Crippen LogP contribution in [0.2, 0.25) is 0 Å². The minimum absolute atomic E-state index is 0. The van der Waals surface area contributed by atoms with Crippen molar-refractivity contribution in [1.29, 1.82) is 0 Å². The van der Waals surface area contributed by atoms with Gasteiger partial charge in [-0.2, -0.15) is 13.2 Å². The lowest BCUT2D eigenvalue weighted by Crippen LogP contribution is -2.56. The zero-order valence-corrected chi connectivity index (χ0v) is 19.8. The topological polar surface area (TPSA) is 26.8 Å². The SMILES string of the molecule is CCN(CC)C(=O)c1ccc(N(c2cccc(C(F)(F)F)c2)C2CN3CCC2CC3)cc1.Cl. The molecule has 0 aromatic heterocycles. The van der Waals surface area contributed by atoms with Crippen LogP contribution in [-0.2, 0) is 6.18 Å². The summed E-state index contributed by atoms with van der Waals surface area (Å²) in [7, 11) is 0. The Morgan fingerprint density at radius 1 is 1.00 bits per heavy atom. The number of hydrogen-bond acceptors (Lipinski definition) is 3. The van der Waals surface area contributed by atoms with Gasteiger partial charge in [-0.25, -0.2) is 0 Å². The number of carbonyl (C=O) groups excluding carboxylic acids is 1. The molecular weight excluding hydrogens is 451 g/mol. The second kappa shape index (κ2) is 10.3. The van der Waals surface area contributed by atoms with E-state index in [1.165, 1.54) is 12.1 Å². The highest BCUT2D eigenvalue weighted by molar-refractivity contribution is 5.94. The molecule has 0 radical (unpaired) electrons. The van der Waals surface area contributed by atoms with E-state index in [-0.39, 0.29) is 24.4 Å². The summed E-state index contributed by atoms with van der Waals surface area (Å²) in [4.78, 5) is 18.9. The summed E-state index contributed by atoms with van der Waals surface area (Å²) < 4.78 is 40.3. The first-order valence-electron chi connectivity index (χ1n) is 11.4. The number of nitrogens with zero attached hydrogens (tertiary/aromatic N) is 3. The summed E-state index contributed by atoms with van der Waals surface area (Å²) >= 11 is 0. The predicted octanol–water partition coefficient (Wildman–Crippen LogP) is 5.84. The first-order chi connectivity index (χ1) is 15.3. The molecule has 3 heterocycles. The number of alkyl halides is 3. The highest BCUT2D eigenvalue weighted by Gasteiger charge is 2.39. The molecule has 3 aliphatic heterocycles. The maximum Gasteiger partial charge on any atom is 0.416 e. The van der Waals surface area contributed by atoms with E-state index < -0.39 is 11.7 Å². The van der Waals surface area contributed by atoms with Gasteiger partial charge in [-0.1, -0.05) is 6.07 Å². The summed E-state index contributed by atoms with van der Waals surface area (Å²) in [5.41, 5.74) is 1.31. The molecule has 1 amide bonds. The van der Waals surface area contributed by atoms with Gasteiger partial charge in [0.15, 0.2) is 0 Å². The van der Waals surface area contributed by atoms with Crippen molar-refractivity contribution >= 4 is 29.7 Å². The average molecular weight is 482 g/mol. The first kappa shape index (κ1) is 25.4. The van der Waals surface area contributed by atoms with Crippen LogP contribution in [0.3, 0.4) is 0 Å². The third-order valence-corrected chi connectivity index (χ3v) is 6.85. The molecule has 3 aliphatic rings. The van der Waals surface area contributed by atoms with Crippen LogP contribution in [0.5, 0.6) is 0 Å². The van der Waals surface area contributed by atoms with Gasteiger partial charge in [0.05, 0.1) is 5.56 Å². The number of rotatable bonds is 6. The molecule has 1 unspecified atom stereocenters. The number of piperidine rings is 3. The molecule has 8 heteroatoms. The molecule has 33 heavy (non-hydrogen) atoms. The van der Waals surface area contributed by atoms with Crippen LogP contribution in [0.4, 0.5) is 24.5 Å². The zero-order valence-electron chi connectivity index (χ0n) is 19.0. The van der Waals surface area contributed by atoms with E-state index in [1.54, 1.807) is 23.1 Å². The van der Waals surface area contributed by atoms with Gasteiger partial charge in [0.1, 0.15) is 0 Å². The molecule has 0 spiro atoms. The zero-order chi connectivity index (χ0) is 22.9. The Morgan fingerprint density at radius 3 is 2.15 bits per heavy atom. The van der Waals surface area contributed by atoms with Gasteiger partial charge in [0.2, 0.25) is 0 Å². The van der Waals surface area contributed by atoms with Gasteiger partial charge in [0, 0.05) is 42.6 Å². The van der Waals surface area contributed by atoms with E-state index in [1.807, 2.05) is 26.0 Å². The number of benzene rings is 2. The van der Waals surface area contributed by atoms with Crippen LogP contribution >= 0.6 is 12.4 Å². The molecule has 2 aromatic carbocycles. The summed E-state index contributed by atoms with van der Waals surface area (Å²) in [6.45, 7) is 8.09. The second-order valence-corrected chi connectivity index (χ2v) is 8.65. The van der Waals surface area contributed by atoms with Crippen LogP contribution < -0.4 is 4.90 Å². The van der Waals surface area contributed by atoms with E-state index in [0.29, 0.717) is 30.3 Å². The lowest BCUT2D eigenvalue weighted by Gasteiger charge is -2.50. The fraction of sp³-hybridized carbons (Fsp3) is 0.480. The molecule has 4 nitrogen and oxygen atoms in total. The average Bonchev–Trinajstić information content (AvgIpc) is 2.81. The van der Waals surface area contributed by atoms with Gasteiger partial charge in [-0.05, 0) is 88.2 Å². The van der Waals surface area contributed by atoms with Crippen molar-refractivity contribution in [2.45, 2.75) is 38.9 Å². The predicted molar refractivity (Wildman–Crippen MR) is 127 cm³/mol. The van der Waals surface area contributed by atoms with Crippen LogP contribution in [-0.4, -0.2) is 54.5 Å². The Kier molecular flexibility index (Phi) is 7.96. The molecule has 2 aromatic rings. The second-order valence-electron chi connectivity index (χ2n) is 8.65. The quantitative estimate of drug-likeness (QED) is 0.518. The minimum atomic E-state index is -4.39. The van der Waals surface area contributed by atoms with Crippen LogP contribution in [0.15, 0.2) is 48.5 Å². The Bertz CT molecular complexity index is 939. The number of halogens is 4. The van der Waals surface area contributed by atoms with Gasteiger partial charge in [-0.15, -0.1) is 12.4 Å². The largest absolute Gasteiger partial charge is 0.416 e. The van der Waals surface area contributed by atoms with Crippen LogP contribution in [0.25, 0.3) is 0 Å². The van der Waals surface area contributed by atoms with E-state index in [9.17, 15) is 18.0 Å². The van der Waals surface area contributed by atoms with Crippen molar-refractivity contribution in [3.8, 4) is 0 Å². The number of fused-ring (bicyclic) bond motifs is 3. The molecule has 2 bridgehead atoms. The Morgan fingerprint density at radius 2 is 1.64 bits per heavy atom. The van der Waals surface area contributed by atoms with E-state index in [0.717, 1.165) is 44.2 Å². The van der Waals surface area contributed by atoms with Crippen LogP contribution in [0, 0.1) is 5.92 Å². The molecule has 180 valence electrons. The van der Waals surface area contributed by atoms with Crippen LogP contribution in [0.1, 0.15) is 42.6 Å². The number of hydrogen-bond donors (Lipinski definition) is 0. The fourth-order valence-corrected chi connectivity index (χ4v) is 5.05. The number of carbonyl (C=O) groups is 1. The number of anilines is 2. The molecule has 3 fully saturated rings. The third-order valence-electron chi connectivity index (χ3n) is 6.85. The monoisotopic (exact) mass is 481 g/mol. The van der Waals surface area contributed by atoms with Crippen molar-refractivity contribution in [1.82, 2.24) is 9.80 Å². The molecule has 1 atom stereocenters. The van der Waals surface area contributed by atoms with Gasteiger partial charge >= 0.3 is 6.18 Å². The fourth-order valence-electron chi connectivity index (χ4n) is 5.05. The summed E-state index contributed by atoms with van der Waals surface area (Å²) in [6, 6.07) is 13.0. The maximum absolute atomic E-state index is 13.4. The lowest BCUT2D eigenvalue weighted by molar-refractivity contribution is -0.137. The highest BCUT2D eigenvalue weighted by atomic mass is 35.5. The summed E-state index contributed by atoms with van der Waals surface area (Å²) in [6.07, 6.45) is -2.28. The smallest absolute Gasteiger partial charge is 0.339 e. The highest BCUT2D eigenvalue weighted by Crippen LogP contribution is 2.40. The maximum atomic E-state index is 13.4. The van der Waals surface area contributed by atoms with Gasteiger partial charge in [0.25, 0.3) is 5.91 Å². The molecule has 0 aliphatic carbocycles. The molecule has 0 N–H and O–H groups in total. The van der Waals surface area contributed by atoms with Crippen molar-refractivity contribution in [2.75, 3.05) is 37.6 Å². The molecule has 0 saturated carbocycles. The minimum Gasteiger partial charge on any atom is -0.339 e. The summed E-state index contributed by atoms with van der Waals surface area (Å²) in [5.74, 6) is 0.404. The van der Waals surface area contributed by atoms with E-state index in [2.05, 4.69) is 9.80 Å². The lowest BCUT2D eigenvalue weighted by atomic mass is 9.82. The van der Waals surface area contributed by atoms with Crippen molar-refractivity contribution in [3.05, 3.63) is 59.7 Å². The van der Waals surface area contributed by atoms with Gasteiger partial charge < -0.3 is 14.7 Å². The standard InChI is InChI=1S/C25H30F3N3O.ClH/c1-3-30(4-2)24(32)19-8-10-21(11-9-19)31(23-17-29-14-12-18(23)13-15-29)22-7-5-6-20(16-22)25(26,27)28;/h5-11,16,18,23H,3-4,12-15,17H2,1-2H3;1H.